The molecule has 0 radical (unpaired) electrons. The molecule has 2 aromatic heterocycles. The van der Waals surface area contributed by atoms with Crippen molar-refractivity contribution in [2.24, 2.45) is 5.92 Å². The fraction of sp³-hybridized carbons (Fsp3) is 0.357. The second kappa shape index (κ2) is 6.21. The van der Waals surface area contributed by atoms with Crippen molar-refractivity contribution in [3.05, 3.63) is 42.4 Å². The van der Waals surface area contributed by atoms with Gasteiger partial charge >= 0.3 is 0 Å². The number of nitrogens with one attached hydrogen (secondary N) is 1. The Kier molecular flexibility index (Phi) is 4.36. The summed E-state index contributed by atoms with van der Waals surface area (Å²) in [5.74, 6) is 1.32. The van der Waals surface area contributed by atoms with Crippen LogP contribution in [-0.4, -0.2) is 21.5 Å². The van der Waals surface area contributed by atoms with E-state index in [1.54, 1.807) is 12.4 Å². The standard InChI is InChI=1S/C14H18N4/c1-11(2)9-15-10-12-6-8-17-14(18-12)13-5-3-4-7-16-13/h3-8,11,15H,9-10H2,1-2H3. The molecular formula is C14H18N4. The fourth-order valence-corrected chi connectivity index (χ4v) is 1.60. The third kappa shape index (κ3) is 3.60. The molecule has 18 heavy (non-hydrogen) atoms. The van der Waals surface area contributed by atoms with Gasteiger partial charge in [0.15, 0.2) is 5.82 Å². The van der Waals surface area contributed by atoms with Crippen molar-refractivity contribution in [2.45, 2.75) is 20.4 Å². The molecule has 0 amide bonds. The van der Waals surface area contributed by atoms with E-state index in [9.17, 15) is 0 Å². The van der Waals surface area contributed by atoms with Crippen LogP contribution in [0.5, 0.6) is 0 Å². The Morgan fingerprint density at radius 1 is 1.11 bits per heavy atom. The van der Waals surface area contributed by atoms with Gasteiger partial charge in [-0.1, -0.05) is 19.9 Å². The third-order valence-corrected chi connectivity index (χ3v) is 2.47. The molecule has 1 N–H and O–H groups in total. The van der Waals surface area contributed by atoms with Crippen molar-refractivity contribution in [1.29, 1.82) is 0 Å². The van der Waals surface area contributed by atoms with Crippen LogP contribution in [0, 0.1) is 5.92 Å². The molecule has 0 unspecified atom stereocenters. The van der Waals surface area contributed by atoms with Crippen LogP contribution >= 0.6 is 0 Å². The van der Waals surface area contributed by atoms with Crippen LogP contribution in [0.4, 0.5) is 0 Å². The number of aromatic nitrogens is 3. The Labute approximate surface area is 108 Å². The normalized spacial score (nSPS) is 10.8. The molecule has 0 aliphatic carbocycles. The molecule has 0 aliphatic rings. The lowest BCUT2D eigenvalue weighted by Gasteiger charge is -2.07. The first kappa shape index (κ1) is 12.6. The van der Waals surface area contributed by atoms with Crippen LogP contribution in [0.1, 0.15) is 19.5 Å². The molecule has 0 atom stereocenters. The summed E-state index contributed by atoms with van der Waals surface area (Å²) in [7, 11) is 0. The van der Waals surface area contributed by atoms with Crippen LogP contribution in [-0.2, 0) is 6.54 Å². The molecule has 0 bridgehead atoms. The average Bonchev–Trinajstić information content (AvgIpc) is 2.40. The largest absolute Gasteiger partial charge is 0.311 e. The van der Waals surface area contributed by atoms with E-state index in [1.165, 1.54) is 0 Å². The summed E-state index contributed by atoms with van der Waals surface area (Å²) in [5, 5.41) is 3.37. The predicted molar refractivity (Wildman–Crippen MR) is 71.8 cm³/mol. The summed E-state index contributed by atoms with van der Waals surface area (Å²) in [6.45, 7) is 6.13. The van der Waals surface area contributed by atoms with Gasteiger partial charge in [-0.15, -0.1) is 0 Å². The van der Waals surface area contributed by atoms with Gasteiger partial charge in [-0.25, -0.2) is 9.97 Å². The van der Waals surface area contributed by atoms with Gasteiger partial charge in [0.1, 0.15) is 5.69 Å². The maximum absolute atomic E-state index is 4.50. The van der Waals surface area contributed by atoms with Crippen molar-refractivity contribution in [1.82, 2.24) is 20.3 Å². The van der Waals surface area contributed by atoms with Crippen LogP contribution in [0.3, 0.4) is 0 Å². The van der Waals surface area contributed by atoms with E-state index >= 15 is 0 Å². The van der Waals surface area contributed by atoms with Crippen LogP contribution < -0.4 is 5.32 Å². The summed E-state index contributed by atoms with van der Waals surface area (Å²) in [4.78, 5) is 13.0. The van der Waals surface area contributed by atoms with Crippen molar-refractivity contribution in [2.75, 3.05) is 6.54 Å². The minimum absolute atomic E-state index is 0.641. The average molecular weight is 242 g/mol. The Morgan fingerprint density at radius 2 is 2.00 bits per heavy atom. The highest BCUT2D eigenvalue weighted by molar-refractivity contribution is 5.47. The lowest BCUT2D eigenvalue weighted by molar-refractivity contribution is 0.548. The van der Waals surface area contributed by atoms with E-state index in [1.807, 2.05) is 24.3 Å². The molecule has 0 saturated heterocycles. The maximum Gasteiger partial charge on any atom is 0.178 e. The minimum atomic E-state index is 0.641. The number of pyridine rings is 1. The van der Waals surface area contributed by atoms with Crippen LogP contribution in [0.2, 0.25) is 0 Å². The van der Waals surface area contributed by atoms with Gasteiger partial charge in [-0.05, 0) is 30.7 Å². The van der Waals surface area contributed by atoms with Crippen LogP contribution in [0.25, 0.3) is 11.5 Å². The summed E-state index contributed by atoms with van der Waals surface area (Å²) in [5.41, 5.74) is 1.80. The summed E-state index contributed by atoms with van der Waals surface area (Å²) in [6.07, 6.45) is 3.53. The summed E-state index contributed by atoms with van der Waals surface area (Å²) < 4.78 is 0. The Bertz CT molecular complexity index is 482. The second-order valence-electron chi connectivity index (χ2n) is 4.61. The summed E-state index contributed by atoms with van der Waals surface area (Å²) >= 11 is 0. The van der Waals surface area contributed by atoms with Gasteiger partial charge in [0.25, 0.3) is 0 Å². The first-order valence-corrected chi connectivity index (χ1v) is 6.20. The molecular weight excluding hydrogens is 224 g/mol. The quantitative estimate of drug-likeness (QED) is 0.874. The fourth-order valence-electron chi connectivity index (χ4n) is 1.60. The molecule has 2 aromatic rings. The molecule has 94 valence electrons. The minimum Gasteiger partial charge on any atom is -0.311 e. The van der Waals surface area contributed by atoms with Crippen molar-refractivity contribution >= 4 is 0 Å². The highest BCUT2D eigenvalue weighted by atomic mass is 14.9. The Morgan fingerprint density at radius 3 is 2.72 bits per heavy atom. The van der Waals surface area contributed by atoms with E-state index in [0.717, 1.165) is 24.5 Å². The van der Waals surface area contributed by atoms with Crippen molar-refractivity contribution < 1.29 is 0 Å². The molecule has 0 fully saturated rings. The number of hydrogen-bond acceptors (Lipinski definition) is 4. The van der Waals surface area contributed by atoms with E-state index < -0.39 is 0 Å². The van der Waals surface area contributed by atoms with Gasteiger partial charge in [-0.2, -0.15) is 0 Å². The number of nitrogens with zero attached hydrogens (tertiary/aromatic N) is 3. The third-order valence-electron chi connectivity index (χ3n) is 2.47. The second-order valence-corrected chi connectivity index (χ2v) is 4.61. The first-order chi connectivity index (χ1) is 8.75. The van der Waals surface area contributed by atoms with Gasteiger partial charge in [0.05, 0.1) is 5.69 Å². The van der Waals surface area contributed by atoms with E-state index in [0.29, 0.717) is 11.7 Å². The van der Waals surface area contributed by atoms with Crippen LogP contribution in [0.15, 0.2) is 36.7 Å². The van der Waals surface area contributed by atoms with E-state index in [4.69, 9.17) is 0 Å². The highest BCUT2D eigenvalue weighted by Gasteiger charge is 2.03. The predicted octanol–water partition coefficient (Wildman–Crippen LogP) is 2.28. The Balaban J connectivity index is 2.06. The topological polar surface area (TPSA) is 50.7 Å². The molecule has 0 aromatic carbocycles. The van der Waals surface area contributed by atoms with Gasteiger partial charge in [-0.3, -0.25) is 4.98 Å². The monoisotopic (exact) mass is 242 g/mol. The van der Waals surface area contributed by atoms with Crippen molar-refractivity contribution in [3.8, 4) is 11.5 Å². The lowest BCUT2D eigenvalue weighted by atomic mass is 10.2. The van der Waals surface area contributed by atoms with Crippen molar-refractivity contribution in [3.63, 3.8) is 0 Å². The number of hydrogen-bond donors (Lipinski definition) is 1. The highest BCUT2D eigenvalue weighted by Crippen LogP contribution is 2.10. The molecule has 4 nitrogen and oxygen atoms in total. The van der Waals surface area contributed by atoms with Gasteiger partial charge in [0, 0.05) is 18.9 Å². The zero-order valence-electron chi connectivity index (χ0n) is 10.8. The van der Waals surface area contributed by atoms with E-state index in [2.05, 4.69) is 34.1 Å². The Hall–Kier alpha value is -1.81. The molecule has 0 aliphatic heterocycles. The number of rotatable bonds is 5. The van der Waals surface area contributed by atoms with Gasteiger partial charge < -0.3 is 5.32 Å². The van der Waals surface area contributed by atoms with E-state index in [-0.39, 0.29) is 0 Å². The first-order valence-electron chi connectivity index (χ1n) is 6.20. The molecule has 4 heteroatoms. The maximum atomic E-state index is 4.50. The lowest BCUT2D eigenvalue weighted by Crippen LogP contribution is -2.19. The smallest absolute Gasteiger partial charge is 0.178 e. The zero-order valence-corrected chi connectivity index (χ0v) is 10.8. The summed E-state index contributed by atoms with van der Waals surface area (Å²) in [6, 6.07) is 7.67. The van der Waals surface area contributed by atoms with Gasteiger partial charge in [0.2, 0.25) is 0 Å². The molecule has 0 spiro atoms. The zero-order chi connectivity index (χ0) is 12.8. The molecule has 2 rings (SSSR count). The molecule has 0 saturated carbocycles. The molecule has 2 heterocycles. The SMILES string of the molecule is CC(C)CNCc1ccnc(-c2ccccn2)n1.